The van der Waals surface area contributed by atoms with Gasteiger partial charge in [0.1, 0.15) is 15.2 Å². The van der Waals surface area contributed by atoms with Gasteiger partial charge in [-0.25, -0.2) is 17.5 Å². The van der Waals surface area contributed by atoms with Crippen LogP contribution in [0.15, 0.2) is 87.5 Å². The second-order valence-electron chi connectivity index (χ2n) is 6.71. The normalized spacial score (nSPS) is 11.6. The third-order valence-corrected chi connectivity index (χ3v) is 8.29. The maximum atomic E-state index is 13.4. The van der Waals surface area contributed by atoms with Crippen LogP contribution in [-0.4, -0.2) is 24.5 Å². The van der Waals surface area contributed by atoms with Crippen molar-refractivity contribution in [2.45, 2.75) is 14.7 Å². The zero-order valence-electron chi connectivity index (χ0n) is 16.1. The summed E-state index contributed by atoms with van der Waals surface area (Å²) in [5.41, 5.74) is 2.21. The fourth-order valence-corrected chi connectivity index (χ4v) is 5.56. The predicted octanol–water partition coefficient (Wildman–Crippen LogP) is 6.49. The number of aromatic nitrogens is 2. The number of hydrogen-bond acceptors (Lipinski definition) is 4. The Morgan fingerprint density at radius 1 is 0.968 bits per heavy atom. The molecule has 0 radical (unpaired) electrons. The molecule has 0 aliphatic carbocycles. The summed E-state index contributed by atoms with van der Waals surface area (Å²) in [6.07, 6.45) is 1.18. The van der Waals surface area contributed by atoms with Gasteiger partial charge in [-0.1, -0.05) is 35.5 Å². The monoisotopic (exact) mass is 584 g/mol. The zero-order chi connectivity index (χ0) is 22.2. The van der Waals surface area contributed by atoms with Crippen molar-refractivity contribution < 1.29 is 12.8 Å². The van der Waals surface area contributed by atoms with Gasteiger partial charge in [-0.05, 0) is 83.3 Å². The Hall–Kier alpha value is -1.88. The number of sulfone groups is 1. The van der Waals surface area contributed by atoms with Crippen LogP contribution >= 0.6 is 46.0 Å². The lowest BCUT2D eigenvalue weighted by atomic mass is 10.2. The Labute approximate surface area is 202 Å². The van der Waals surface area contributed by atoms with E-state index in [1.165, 1.54) is 30.2 Å². The fourth-order valence-electron chi connectivity index (χ4n) is 2.90. The van der Waals surface area contributed by atoms with E-state index in [1.807, 2.05) is 24.3 Å². The first-order valence-corrected chi connectivity index (χ1v) is 13.2. The molecule has 158 valence electrons. The van der Waals surface area contributed by atoms with Crippen LogP contribution in [0.25, 0.3) is 16.9 Å². The average Bonchev–Trinajstić information content (AvgIpc) is 3.06. The van der Waals surface area contributed by atoms with Gasteiger partial charge in [-0.3, -0.25) is 0 Å². The third-order valence-electron chi connectivity index (χ3n) is 4.45. The summed E-state index contributed by atoms with van der Waals surface area (Å²) in [5.74, 6) is -0.321. The summed E-state index contributed by atoms with van der Waals surface area (Å²) in [6.45, 7) is 0. The summed E-state index contributed by atoms with van der Waals surface area (Å²) in [7, 11) is -3.29. The molecule has 0 spiro atoms. The summed E-state index contributed by atoms with van der Waals surface area (Å²) in [5, 5.41) is 5.43. The smallest absolute Gasteiger partial charge is 0.175 e. The van der Waals surface area contributed by atoms with Crippen molar-refractivity contribution in [1.82, 2.24) is 9.78 Å². The maximum Gasteiger partial charge on any atom is 0.175 e. The van der Waals surface area contributed by atoms with Crippen LogP contribution in [0.5, 0.6) is 0 Å². The van der Waals surface area contributed by atoms with Gasteiger partial charge in [0, 0.05) is 21.7 Å². The van der Waals surface area contributed by atoms with E-state index in [0.717, 1.165) is 24.7 Å². The standard InChI is InChI=1S/C22H15ClFIN2O2S2/c1-31(28,29)19-12-2-14(3-13-19)20-21(30-18-10-4-15(23)5-11-18)22(25)27(26-20)17-8-6-16(24)7-9-17/h2-13H,1H3. The highest BCUT2D eigenvalue weighted by molar-refractivity contribution is 14.1. The highest BCUT2D eigenvalue weighted by Crippen LogP contribution is 2.40. The molecule has 4 aromatic rings. The highest BCUT2D eigenvalue weighted by atomic mass is 127. The van der Waals surface area contributed by atoms with Crippen molar-refractivity contribution in [2.75, 3.05) is 6.26 Å². The number of hydrogen-bond donors (Lipinski definition) is 0. The first-order chi connectivity index (χ1) is 14.7. The van der Waals surface area contributed by atoms with Crippen molar-refractivity contribution in [3.05, 3.63) is 87.3 Å². The van der Waals surface area contributed by atoms with Crippen LogP contribution in [0.3, 0.4) is 0 Å². The molecule has 3 aromatic carbocycles. The second-order valence-corrected chi connectivity index (χ2v) is 11.3. The third kappa shape index (κ3) is 4.97. The Morgan fingerprint density at radius 2 is 1.58 bits per heavy atom. The van der Waals surface area contributed by atoms with E-state index in [0.29, 0.717) is 10.7 Å². The van der Waals surface area contributed by atoms with E-state index in [-0.39, 0.29) is 10.7 Å². The van der Waals surface area contributed by atoms with Crippen LogP contribution in [0, 0.1) is 9.52 Å². The number of nitrogens with zero attached hydrogens (tertiary/aromatic N) is 2. The van der Waals surface area contributed by atoms with E-state index in [9.17, 15) is 12.8 Å². The summed E-state index contributed by atoms with van der Waals surface area (Å²) in [6, 6.07) is 20.2. The molecule has 1 aromatic heterocycles. The lowest BCUT2D eigenvalue weighted by Gasteiger charge is -2.05. The van der Waals surface area contributed by atoms with Crippen molar-refractivity contribution >= 4 is 55.8 Å². The molecule has 0 bridgehead atoms. The molecule has 0 aliphatic heterocycles. The van der Waals surface area contributed by atoms with Crippen LogP contribution in [0.4, 0.5) is 4.39 Å². The molecular weight excluding hydrogens is 570 g/mol. The fraction of sp³-hybridized carbons (Fsp3) is 0.0455. The predicted molar refractivity (Wildman–Crippen MR) is 130 cm³/mol. The molecule has 0 N–H and O–H groups in total. The molecule has 0 fully saturated rings. The van der Waals surface area contributed by atoms with E-state index in [2.05, 4.69) is 22.6 Å². The van der Waals surface area contributed by atoms with Gasteiger partial charge in [0.2, 0.25) is 0 Å². The van der Waals surface area contributed by atoms with E-state index in [1.54, 1.807) is 41.1 Å². The van der Waals surface area contributed by atoms with Crippen molar-refractivity contribution in [3.63, 3.8) is 0 Å². The lowest BCUT2D eigenvalue weighted by Crippen LogP contribution is -1.99. The molecule has 4 rings (SSSR count). The Kier molecular flexibility index (Phi) is 6.43. The van der Waals surface area contributed by atoms with Crippen molar-refractivity contribution in [1.29, 1.82) is 0 Å². The summed E-state index contributed by atoms with van der Waals surface area (Å²) < 4.78 is 39.7. The molecule has 0 unspecified atom stereocenters. The van der Waals surface area contributed by atoms with Crippen LogP contribution < -0.4 is 0 Å². The van der Waals surface area contributed by atoms with Gasteiger partial charge in [0.25, 0.3) is 0 Å². The Morgan fingerprint density at radius 3 is 2.16 bits per heavy atom. The van der Waals surface area contributed by atoms with Gasteiger partial charge in [-0.15, -0.1) is 0 Å². The molecule has 0 saturated heterocycles. The first-order valence-electron chi connectivity index (χ1n) is 9.01. The Bertz CT molecular complexity index is 1340. The molecule has 0 aliphatic rings. The van der Waals surface area contributed by atoms with Gasteiger partial charge in [0.15, 0.2) is 9.84 Å². The highest BCUT2D eigenvalue weighted by Gasteiger charge is 2.20. The quantitative estimate of drug-likeness (QED) is 0.252. The van der Waals surface area contributed by atoms with Crippen LogP contribution in [0.2, 0.25) is 5.02 Å². The van der Waals surface area contributed by atoms with Crippen LogP contribution in [0.1, 0.15) is 0 Å². The molecule has 4 nitrogen and oxygen atoms in total. The summed E-state index contributed by atoms with van der Waals surface area (Å²) in [4.78, 5) is 2.13. The molecular formula is C22H15ClFIN2O2S2. The minimum atomic E-state index is -3.29. The lowest BCUT2D eigenvalue weighted by molar-refractivity contribution is 0.602. The maximum absolute atomic E-state index is 13.4. The number of halogens is 3. The number of rotatable bonds is 5. The zero-order valence-corrected chi connectivity index (χ0v) is 20.6. The molecule has 9 heteroatoms. The average molecular weight is 585 g/mol. The van der Waals surface area contributed by atoms with Crippen molar-refractivity contribution in [3.8, 4) is 16.9 Å². The Balaban J connectivity index is 1.84. The minimum Gasteiger partial charge on any atom is -0.226 e. The van der Waals surface area contributed by atoms with Gasteiger partial charge in [-0.2, -0.15) is 5.10 Å². The topological polar surface area (TPSA) is 52.0 Å². The van der Waals surface area contributed by atoms with Gasteiger partial charge >= 0.3 is 0 Å². The first kappa shape index (κ1) is 22.3. The van der Waals surface area contributed by atoms with E-state index < -0.39 is 9.84 Å². The van der Waals surface area contributed by atoms with Crippen LogP contribution in [-0.2, 0) is 9.84 Å². The molecule has 1 heterocycles. The molecule has 0 amide bonds. The minimum absolute atomic E-state index is 0.246. The van der Waals surface area contributed by atoms with E-state index >= 15 is 0 Å². The molecule has 31 heavy (non-hydrogen) atoms. The largest absolute Gasteiger partial charge is 0.226 e. The summed E-state index contributed by atoms with van der Waals surface area (Å²) >= 11 is 9.76. The SMILES string of the molecule is CS(=O)(=O)c1ccc(-c2nn(-c3ccc(F)cc3)c(I)c2Sc2ccc(Cl)cc2)cc1. The van der Waals surface area contributed by atoms with Gasteiger partial charge in [0.05, 0.1) is 15.5 Å². The number of benzene rings is 3. The van der Waals surface area contributed by atoms with Gasteiger partial charge < -0.3 is 0 Å². The van der Waals surface area contributed by atoms with E-state index in [4.69, 9.17) is 16.7 Å². The second kappa shape index (κ2) is 8.93. The molecule has 0 saturated carbocycles. The molecule has 0 atom stereocenters. The van der Waals surface area contributed by atoms with Crippen molar-refractivity contribution in [2.24, 2.45) is 0 Å².